The molecule has 150 valence electrons. The van der Waals surface area contributed by atoms with E-state index < -0.39 is 0 Å². The molecule has 0 atom stereocenters. The number of likely N-dealkylation sites (tertiary alicyclic amines) is 1. The summed E-state index contributed by atoms with van der Waals surface area (Å²) in [6.45, 7) is 2.09. The first-order chi connectivity index (χ1) is 14.0. The minimum Gasteiger partial charge on any atom is -0.383 e. The van der Waals surface area contributed by atoms with E-state index >= 15 is 0 Å². The van der Waals surface area contributed by atoms with E-state index in [0.717, 1.165) is 37.2 Å². The highest BCUT2D eigenvalue weighted by Crippen LogP contribution is 2.25. The van der Waals surface area contributed by atoms with Gasteiger partial charge in [0.15, 0.2) is 5.65 Å². The molecule has 29 heavy (non-hydrogen) atoms. The van der Waals surface area contributed by atoms with Crippen molar-refractivity contribution in [1.82, 2.24) is 25.2 Å². The average molecular weight is 391 g/mol. The zero-order valence-corrected chi connectivity index (χ0v) is 16.6. The predicted molar refractivity (Wildman–Crippen MR) is 115 cm³/mol. The number of carbonyl (C=O) groups excluding carboxylic acids is 1. The minimum absolute atomic E-state index is 0.135. The Morgan fingerprint density at radius 3 is 2.69 bits per heavy atom. The van der Waals surface area contributed by atoms with Crippen LogP contribution in [0, 0.1) is 0 Å². The molecule has 8 heteroatoms. The predicted octanol–water partition coefficient (Wildman–Crippen LogP) is 2.14. The number of hydrogen-bond acceptors (Lipinski definition) is 7. The number of nitrogen functional groups attached to an aromatic ring is 1. The van der Waals surface area contributed by atoms with Gasteiger partial charge in [0.25, 0.3) is 5.91 Å². The van der Waals surface area contributed by atoms with Gasteiger partial charge in [-0.15, -0.1) is 0 Å². The molecular formula is C21H25N7O. The van der Waals surface area contributed by atoms with Crippen LogP contribution in [0.1, 0.15) is 23.2 Å². The van der Waals surface area contributed by atoms with Crippen LogP contribution in [0.4, 0.5) is 11.8 Å². The van der Waals surface area contributed by atoms with E-state index in [-0.39, 0.29) is 5.91 Å². The van der Waals surface area contributed by atoms with Gasteiger partial charge in [0.05, 0.1) is 11.1 Å². The fourth-order valence-corrected chi connectivity index (χ4v) is 3.56. The lowest BCUT2D eigenvalue weighted by Crippen LogP contribution is -2.37. The number of rotatable bonds is 4. The number of benzene rings is 1. The fourth-order valence-electron chi connectivity index (χ4n) is 3.56. The quantitative estimate of drug-likeness (QED) is 0.625. The molecule has 3 heterocycles. The molecule has 0 radical (unpaired) electrons. The van der Waals surface area contributed by atoms with Crippen molar-refractivity contribution in [2.75, 3.05) is 38.2 Å². The maximum Gasteiger partial charge on any atom is 0.251 e. The summed E-state index contributed by atoms with van der Waals surface area (Å²) in [5.74, 6) is 0.778. The van der Waals surface area contributed by atoms with Gasteiger partial charge >= 0.3 is 0 Å². The zero-order chi connectivity index (χ0) is 20.4. The van der Waals surface area contributed by atoms with Gasteiger partial charge in [0.1, 0.15) is 5.82 Å². The molecule has 8 nitrogen and oxygen atoms in total. The molecule has 1 aliphatic rings. The van der Waals surface area contributed by atoms with E-state index in [2.05, 4.69) is 37.5 Å². The second-order valence-electron chi connectivity index (χ2n) is 7.38. The van der Waals surface area contributed by atoms with Crippen molar-refractivity contribution < 1.29 is 4.79 Å². The van der Waals surface area contributed by atoms with Crippen LogP contribution in [0.3, 0.4) is 0 Å². The number of nitrogens with zero attached hydrogens (tertiary/aromatic N) is 4. The Labute approximate surface area is 169 Å². The monoisotopic (exact) mass is 391 g/mol. The summed E-state index contributed by atoms with van der Waals surface area (Å²) in [7, 11) is 3.74. The molecule has 1 aliphatic heterocycles. The maximum atomic E-state index is 11.9. The lowest BCUT2D eigenvalue weighted by Gasteiger charge is -2.29. The molecule has 2 aromatic heterocycles. The van der Waals surface area contributed by atoms with Gasteiger partial charge < -0.3 is 21.3 Å². The lowest BCUT2D eigenvalue weighted by molar-refractivity contribution is 0.0963. The minimum atomic E-state index is -0.135. The number of piperidine rings is 1. The molecule has 4 rings (SSSR count). The van der Waals surface area contributed by atoms with Crippen LogP contribution in [-0.4, -0.2) is 59.0 Å². The van der Waals surface area contributed by atoms with Gasteiger partial charge in [0, 0.05) is 24.2 Å². The zero-order valence-electron chi connectivity index (χ0n) is 16.6. The van der Waals surface area contributed by atoms with Crippen molar-refractivity contribution in [3.8, 4) is 11.3 Å². The summed E-state index contributed by atoms with van der Waals surface area (Å²) in [5, 5.41) is 6.75. The van der Waals surface area contributed by atoms with Crippen LogP contribution < -0.4 is 16.4 Å². The summed E-state index contributed by atoms with van der Waals surface area (Å²) >= 11 is 0. The Morgan fingerprint density at radius 2 is 1.93 bits per heavy atom. The van der Waals surface area contributed by atoms with Crippen LogP contribution in [0.2, 0.25) is 0 Å². The molecule has 4 N–H and O–H groups in total. The first kappa shape index (κ1) is 19.1. The number of carbonyl (C=O) groups is 1. The smallest absolute Gasteiger partial charge is 0.251 e. The van der Waals surface area contributed by atoms with E-state index in [1.807, 2.05) is 30.3 Å². The molecule has 1 fully saturated rings. The molecule has 0 spiro atoms. The number of pyridine rings is 1. The van der Waals surface area contributed by atoms with Crippen LogP contribution in [0.25, 0.3) is 22.3 Å². The Kier molecular flexibility index (Phi) is 5.26. The van der Waals surface area contributed by atoms with Gasteiger partial charge in [-0.3, -0.25) is 4.79 Å². The highest BCUT2D eigenvalue weighted by atomic mass is 16.1. The van der Waals surface area contributed by atoms with E-state index in [4.69, 9.17) is 5.73 Å². The van der Waals surface area contributed by atoms with Crippen molar-refractivity contribution in [2.24, 2.45) is 0 Å². The second-order valence-corrected chi connectivity index (χ2v) is 7.38. The summed E-state index contributed by atoms with van der Waals surface area (Å²) in [5.41, 5.74) is 8.85. The Balaban J connectivity index is 1.65. The van der Waals surface area contributed by atoms with Crippen molar-refractivity contribution >= 4 is 28.7 Å². The first-order valence-corrected chi connectivity index (χ1v) is 9.75. The SMILES string of the molecule is CNC(=O)c1cccc(-c2ccc3c(N)nc(NC4CCN(C)CC4)nc3n2)c1. The molecule has 1 aromatic carbocycles. The first-order valence-electron chi connectivity index (χ1n) is 9.75. The summed E-state index contributed by atoms with van der Waals surface area (Å²) < 4.78 is 0. The number of nitrogens with two attached hydrogens (primary N) is 1. The van der Waals surface area contributed by atoms with Crippen molar-refractivity contribution in [1.29, 1.82) is 0 Å². The normalized spacial score (nSPS) is 15.4. The highest BCUT2D eigenvalue weighted by Gasteiger charge is 2.18. The highest BCUT2D eigenvalue weighted by molar-refractivity contribution is 5.95. The van der Waals surface area contributed by atoms with Crippen LogP contribution in [0.15, 0.2) is 36.4 Å². The topological polar surface area (TPSA) is 109 Å². The van der Waals surface area contributed by atoms with Crippen molar-refractivity contribution in [3.63, 3.8) is 0 Å². The third-order valence-corrected chi connectivity index (χ3v) is 5.29. The summed E-state index contributed by atoms with van der Waals surface area (Å²) in [6.07, 6.45) is 2.08. The third kappa shape index (κ3) is 4.12. The molecule has 3 aromatic rings. The van der Waals surface area contributed by atoms with Crippen LogP contribution in [-0.2, 0) is 0 Å². The van der Waals surface area contributed by atoms with E-state index in [1.54, 1.807) is 13.1 Å². The maximum absolute atomic E-state index is 11.9. The summed E-state index contributed by atoms with van der Waals surface area (Å²) in [6, 6.07) is 11.4. The van der Waals surface area contributed by atoms with Gasteiger partial charge in [-0.2, -0.15) is 9.97 Å². The lowest BCUT2D eigenvalue weighted by atomic mass is 10.1. The Morgan fingerprint density at radius 1 is 1.14 bits per heavy atom. The van der Waals surface area contributed by atoms with Gasteiger partial charge in [-0.1, -0.05) is 12.1 Å². The number of hydrogen-bond donors (Lipinski definition) is 3. The average Bonchev–Trinajstić information content (AvgIpc) is 2.74. The molecule has 1 saturated heterocycles. The molecule has 0 saturated carbocycles. The largest absolute Gasteiger partial charge is 0.383 e. The van der Waals surface area contributed by atoms with Crippen LogP contribution in [0.5, 0.6) is 0 Å². The van der Waals surface area contributed by atoms with Gasteiger partial charge in [0.2, 0.25) is 5.95 Å². The molecule has 0 bridgehead atoms. The standard InChI is InChI=1S/C21H25N7O/c1-23-20(29)14-5-3-4-13(12-14)17-7-6-16-18(22)26-21(27-19(16)25-17)24-15-8-10-28(2)11-9-15/h3-7,12,15H,8-11H2,1-2H3,(H,23,29)(H3,22,24,25,26,27). The Bertz CT molecular complexity index is 1040. The van der Waals surface area contributed by atoms with E-state index in [9.17, 15) is 4.79 Å². The number of aromatic nitrogens is 3. The van der Waals surface area contributed by atoms with Crippen molar-refractivity contribution in [2.45, 2.75) is 18.9 Å². The molecule has 0 aliphatic carbocycles. The van der Waals surface area contributed by atoms with Crippen molar-refractivity contribution in [3.05, 3.63) is 42.0 Å². The Hall–Kier alpha value is -3.26. The summed E-state index contributed by atoms with van der Waals surface area (Å²) in [4.78, 5) is 27.9. The number of fused-ring (bicyclic) bond motifs is 1. The second kappa shape index (κ2) is 8.00. The molecule has 1 amide bonds. The third-order valence-electron chi connectivity index (χ3n) is 5.29. The molecular weight excluding hydrogens is 366 g/mol. The number of nitrogens with one attached hydrogen (secondary N) is 2. The van der Waals surface area contributed by atoms with E-state index in [1.165, 1.54) is 0 Å². The number of anilines is 2. The molecule has 0 unspecified atom stereocenters. The van der Waals surface area contributed by atoms with Crippen LogP contribution >= 0.6 is 0 Å². The fraction of sp³-hybridized carbons (Fsp3) is 0.333. The number of amides is 1. The van der Waals surface area contributed by atoms with Gasteiger partial charge in [-0.05, 0) is 57.2 Å². The van der Waals surface area contributed by atoms with E-state index in [0.29, 0.717) is 34.4 Å². The van der Waals surface area contributed by atoms with Gasteiger partial charge in [-0.25, -0.2) is 4.98 Å².